The molecule has 0 fully saturated rings. The molecule has 0 aliphatic carbocycles. The van der Waals surface area contributed by atoms with Crippen molar-refractivity contribution in [3.05, 3.63) is 95.2 Å². The van der Waals surface area contributed by atoms with Gasteiger partial charge in [-0.3, -0.25) is 9.48 Å². The standard InChI is InChI=1S/C25H21F2N5O4/c26-17-11-18(27)13-19(12-17)30-25(36)28-9-10-32-21-4-2-1-3-20(21)22(31-32)23(33)29-14-15-5-7-16(8-6-15)24(34)35/h1-8,11-13H,9-10,14H2,(H,29,33)(H,34,35)(H2,28,30,36). The molecule has 0 saturated heterocycles. The lowest BCUT2D eigenvalue weighted by Crippen LogP contribution is -2.31. The summed E-state index contributed by atoms with van der Waals surface area (Å²) in [5.74, 6) is -3.06. The third kappa shape index (κ3) is 5.81. The molecule has 11 heteroatoms. The predicted molar refractivity (Wildman–Crippen MR) is 128 cm³/mol. The number of halogens is 2. The molecule has 3 aromatic carbocycles. The Morgan fingerprint density at radius 1 is 0.917 bits per heavy atom. The molecule has 4 aromatic rings. The molecule has 9 nitrogen and oxygen atoms in total. The second-order valence-corrected chi connectivity index (χ2v) is 7.81. The lowest BCUT2D eigenvalue weighted by atomic mass is 10.1. The highest BCUT2D eigenvalue weighted by Crippen LogP contribution is 2.19. The topological polar surface area (TPSA) is 125 Å². The van der Waals surface area contributed by atoms with Gasteiger partial charge in [-0.1, -0.05) is 30.3 Å². The van der Waals surface area contributed by atoms with Crippen LogP contribution in [0, 0.1) is 11.6 Å². The Labute approximate surface area is 203 Å². The molecule has 4 N–H and O–H groups in total. The van der Waals surface area contributed by atoms with Crippen LogP contribution in [0.1, 0.15) is 26.4 Å². The number of rotatable bonds is 8. The van der Waals surface area contributed by atoms with E-state index in [4.69, 9.17) is 5.11 Å². The van der Waals surface area contributed by atoms with E-state index in [0.29, 0.717) is 17.0 Å². The Balaban J connectivity index is 1.38. The highest BCUT2D eigenvalue weighted by atomic mass is 19.1. The van der Waals surface area contributed by atoms with E-state index < -0.39 is 29.5 Å². The van der Waals surface area contributed by atoms with Crippen molar-refractivity contribution < 1.29 is 28.3 Å². The SMILES string of the molecule is O=C(NCCn1nc(C(=O)NCc2ccc(C(=O)O)cc2)c2ccccc21)Nc1cc(F)cc(F)c1. The van der Waals surface area contributed by atoms with Crippen molar-refractivity contribution in [2.75, 3.05) is 11.9 Å². The summed E-state index contributed by atoms with van der Waals surface area (Å²) in [6.07, 6.45) is 0. The van der Waals surface area contributed by atoms with Gasteiger partial charge in [0.25, 0.3) is 5.91 Å². The van der Waals surface area contributed by atoms with Crippen LogP contribution in [0.15, 0.2) is 66.7 Å². The van der Waals surface area contributed by atoms with E-state index in [-0.39, 0.29) is 36.6 Å². The summed E-state index contributed by atoms with van der Waals surface area (Å²) < 4.78 is 28.2. The Hall–Kier alpha value is -4.80. The third-order valence-electron chi connectivity index (χ3n) is 5.26. The molecule has 0 spiro atoms. The molecular weight excluding hydrogens is 472 g/mol. The number of urea groups is 1. The minimum Gasteiger partial charge on any atom is -0.478 e. The molecule has 0 bridgehead atoms. The second-order valence-electron chi connectivity index (χ2n) is 7.81. The molecule has 4 rings (SSSR count). The van der Waals surface area contributed by atoms with Crippen LogP contribution in [0.5, 0.6) is 0 Å². The number of carbonyl (C=O) groups is 3. The summed E-state index contributed by atoms with van der Waals surface area (Å²) in [6, 6.07) is 15.3. The van der Waals surface area contributed by atoms with Crippen LogP contribution in [-0.2, 0) is 13.1 Å². The largest absolute Gasteiger partial charge is 0.478 e. The number of carboxylic acids is 1. The summed E-state index contributed by atoms with van der Waals surface area (Å²) in [6.45, 7) is 0.546. The second kappa shape index (κ2) is 10.6. The van der Waals surface area contributed by atoms with E-state index in [0.717, 1.165) is 17.7 Å². The highest BCUT2D eigenvalue weighted by molar-refractivity contribution is 6.04. The molecule has 184 valence electrons. The zero-order chi connectivity index (χ0) is 25.7. The van der Waals surface area contributed by atoms with Gasteiger partial charge in [-0.05, 0) is 35.9 Å². The summed E-state index contributed by atoms with van der Waals surface area (Å²) in [4.78, 5) is 35.9. The quantitative estimate of drug-likeness (QED) is 0.297. The maximum atomic E-state index is 13.3. The number of benzene rings is 3. The molecule has 0 saturated carbocycles. The fourth-order valence-electron chi connectivity index (χ4n) is 3.57. The van der Waals surface area contributed by atoms with Crippen LogP contribution in [0.3, 0.4) is 0 Å². The number of aromatic carboxylic acids is 1. The highest BCUT2D eigenvalue weighted by Gasteiger charge is 2.17. The number of anilines is 1. The Morgan fingerprint density at radius 3 is 2.31 bits per heavy atom. The smallest absolute Gasteiger partial charge is 0.335 e. The summed E-state index contributed by atoms with van der Waals surface area (Å²) in [5.41, 5.74) is 1.74. The molecule has 0 aliphatic rings. The van der Waals surface area contributed by atoms with Crippen molar-refractivity contribution in [1.82, 2.24) is 20.4 Å². The monoisotopic (exact) mass is 493 g/mol. The Morgan fingerprint density at radius 2 is 1.61 bits per heavy atom. The van der Waals surface area contributed by atoms with Crippen molar-refractivity contribution in [2.24, 2.45) is 0 Å². The van der Waals surface area contributed by atoms with Crippen molar-refractivity contribution >= 4 is 34.5 Å². The number of carboxylic acid groups (broad SMARTS) is 1. The van der Waals surface area contributed by atoms with Gasteiger partial charge in [0.15, 0.2) is 5.69 Å². The first-order chi connectivity index (χ1) is 17.3. The van der Waals surface area contributed by atoms with E-state index in [1.807, 2.05) is 0 Å². The Bertz CT molecular complexity index is 1420. The van der Waals surface area contributed by atoms with E-state index >= 15 is 0 Å². The minimum atomic E-state index is -1.03. The number of carbonyl (C=O) groups excluding carboxylic acids is 2. The van der Waals surface area contributed by atoms with E-state index in [1.54, 1.807) is 41.1 Å². The molecule has 0 unspecified atom stereocenters. The molecule has 0 radical (unpaired) electrons. The predicted octanol–water partition coefficient (Wildman–Crippen LogP) is 3.76. The normalized spacial score (nSPS) is 10.7. The first-order valence-corrected chi connectivity index (χ1v) is 10.9. The van der Waals surface area contributed by atoms with Crippen molar-refractivity contribution in [2.45, 2.75) is 13.1 Å². The molecule has 3 amide bonds. The number of nitrogens with zero attached hydrogens (tertiary/aromatic N) is 2. The molecule has 0 atom stereocenters. The fraction of sp³-hybridized carbons (Fsp3) is 0.120. The number of para-hydroxylation sites is 1. The minimum absolute atomic E-state index is 0.0221. The lowest BCUT2D eigenvalue weighted by molar-refractivity contribution is 0.0696. The van der Waals surface area contributed by atoms with E-state index in [2.05, 4.69) is 21.0 Å². The van der Waals surface area contributed by atoms with Crippen molar-refractivity contribution in [3.63, 3.8) is 0 Å². The number of fused-ring (bicyclic) bond motifs is 1. The van der Waals surface area contributed by atoms with Crippen LogP contribution in [0.25, 0.3) is 10.9 Å². The summed E-state index contributed by atoms with van der Waals surface area (Å²) in [7, 11) is 0. The van der Waals surface area contributed by atoms with E-state index in [1.165, 1.54) is 12.1 Å². The fourth-order valence-corrected chi connectivity index (χ4v) is 3.57. The zero-order valence-corrected chi connectivity index (χ0v) is 18.8. The van der Waals surface area contributed by atoms with Crippen LogP contribution < -0.4 is 16.0 Å². The third-order valence-corrected chi connectivity index (χ3v) is 5.26. The number of aromatic nitrogens is 2. The van der Waals surface area contributed by atoms with Gasteiger partial charge >= 0.3 is 12.0 Å². The summed E-state index contributed by atoms with van der Waals surface area (Å²) in [5, 5.41) is 21.7. The average Bonchev–Trinajstić information content (AvgIpc) is 3.21. The molecule has 36 heavy (non-hydrogen) atoms. The molecule has 0 aliphatic heterocycles. The van der Waals surface area contributed by atoms with Gasteiger partial charge < -0.3 is 21.1 Å². The van der Waals surface area contributed by atoms with Crippen LogP contribution in [0.2, 0.25) is 0 Å². The van der Waals surface area contributed by atoms with Crippen molar-refractivity contribution in [1.29, 1.82) is 0 Å². The van der Waals surface area contributed by atoms with Gasteiger partial charge in [0.05, 0.1) is 17.6 Å². The van der Waals surface area contributed by atoms with Gasteiger partial charge in [-0.2, -0.15) is 5.10 Å². The lowest BCUT2D eigenvalue weighted by Gasteiger charge is -2.08. The number of amides is 3. The molecule has 1 heterocycles. The molecule has 1 aromatic heterocycles. The number of nitrogens with one attached hydrogen (secondary N) is 3. The first-order valence-electron chi connectivity index (χ1n) is 10.9. The number of hydrogen-bond donors (Lipinski definition) is 4. The number of hydrogen-bond acceptors (Lipinski definition) is 4. The van der Waals surface area contributed by atoms with Gasteiger partial charge in [-0.25, -0.2) is 18.4 Å². The van der Waals surface area contributed by atoms with Gasteiger partial charge in [0.1, 0.15) is 11.6 Å². The average molecular weight is 493 g/mol. The van der Waals surface area contributed by atoms with Gasteiger partial charge in [-0.15, -0.1) is 0 Å². The first kappa shape index (κ1) is 24.3. The maximum absolute atomic E-state index is 13.3. The van der Waals surface area contributed by atoms with Crippen LogP contribution in [-0.4, -0.2) is 39.3 Å². The van der Waals surface area contributed by atoms with Crippen LogP contribution >= 0.6 is 0 Å². The van der Waals surface area contributed by atoms with Gasteiger partial charge in [0, 0.05) is 30.2 Å². The van der Waals surface area contributed by atoms with Crippen LogP contribution in [0.4, 0.5) is 19.3 Å². The molecular formula is C25H21F2N5O4. The zero-order valence-electron chi connectivity index (χ0n) is 18.8. The summed E-state index contributed by atoms with van der Waals surface area (Å²) >= 11 is 0. The van der Waals surface area contributed by atoms with Crippen molar-refractivity contribution in [3.8, 4) is 0 Å². The Kier molecular flexibility index (Phi) is 7.19. The van der Waals surface area contributed by atoms with Gasteiger partial charge in [0.2, 0.25) is 0 Å². The van der Waals surface area contributed by atoms with E-state index in [9.17, 15) is 23.2 Å². The maximum Gasteiger partial charge on any atom is 0.335 e.